The van der Waals surface area contributed by atoms with E-state index in [0.29, 0.717) is 4.88 Å². The number of hydrogen-bond donors (Lipinski definition) is 2. The molecule has 1 aromatic heterocycles. The number of hydrogen-bond acceptors (Lipinski definition) is 7. The quantitative estimate of drug-likeness (QED) is 0.592. The van der Waals surface area contributed by atoms with E-state index in [2.05, 4.69) is 10.0 Å². The molecule has 3 rings (SSSR count). The highest BCUT2D eigenvalue weighted by molar-refractivity contribution is 7.89. The summed E-state index contributed by atoms with van der Waals surface area (Å²) in [6.07, 6.45) is 1.44. The number of esters is 1. The molecule has 0 unspecified atom stereocenters. The Morgan fingerprint density at radius 1 is 1.17 bits per heavy atom. The fourth-order valence-corrected chi connectivity index (χ4v) is 4.99. The Morgan fingerprint density at radius 2 is 1.90 bits per heavy atom. The summed E-state index contributed by atoms with van der Waals surface area (Å²) in [7, 11) is -3.94. The summed E-state index contributed by atoms with van der Waals surface area (Å²) in [6.45, 7) is -0.753. The van der Waals surface area contributed by atoms with Crippen molar-refractivity contribution in [3.63, 3.8) is 0 Å². The first kappa shape index (κ1) is 21.7. The van der Waals surface area contributed by atoms with Gasteiger partial charge in [-0.1, -0.05) is 29.3 Å². The van der Waals surface area contributed by atoms with Gasteiger partial charge in [-0.2, -0.15) is 0 Å². The van der Waals surface area contributed by atoms with Crippen molar-refractivity contribution in [2.75, 3.05) is 6.61 Å². The van der Waals surface area contributed by atoms with Crippen LogP contribution in [0.2, 0.25) is 10.0 Å². The van der Waals surface area contributed by atoms with Gasteiger partial charge >= 0.3 is 5.97 Å². The van der Waals surface area contributed by atoms with E-state index in [0.717, 1.165) is 36.3 Å². The molecule has 1 heterocycles. The third kappa shape index (κ3) is 5.55. The fraction of sp³-hybridized carbons (Fsp3) is 0.235. The third-order valence-corrected chi connectivity index (χ3v) is 6.93. The molecule has 0 bridgehead atoms. The average Bonchev–Trinajstić information content (AvgIpc) is 3.26. The van der Waals surface area contributed by atoms with E-state index in [4.69, 9.17) is 27.9 Å². The van der Waals surface area contributed by atoms with Crippen molar-refractivity contribution in [2.45, 2.75) is 23.8 Å². The Hall–Kier alpha value is -1.98. The van der Waals surface area contributed by atoms with Gasteiger partial charge < -0.3 is 4.74 Å². The molecule has 0 radical (unpaired) electrons. The van der Waals surface area contributed by atoms with E-state index in [-0.39, 0.29) is 26.5 Å². The minimum atomic E-state index is -3.94. The van der Waals surface area contributed by atoms with Crippen molar-refractivity contribution in [2.24, 2.45) is 0 Å². The molecule has 8 nitrogen and oxygen atoms in total. The summed E-state index contributed by atoms with van der Waals surface area (Å²) in [5, 5.41) is 3.45. The molecule has 1 fully saturated rings. The third-order valence-electron chi connectivity index (χ3n) is 3.76. The van der Waals surface area contributed by atoms with Crippen molar-refractivity contribution in [1.29, 1.82) is 0 Å². The molecule has 2 N–H and O–H groups in total. The standard InChI is InChI=1S/C17H14Cl2N2O6S2/c18-11-7-12(19)14(29(25,26)21-9-3-4-9)6-10(11)17(24)27-8-15(22)20-16(23)13-2-1-5-28-13/h1-2,5-7,9,21H,3-4,8H2,(H,20,22,23). The normalized spacial score (nSPS) is 13.7. The second-order valence-corrected chi connectivity index (χ2v) is 9.53. The highest BCUT2D eigenvalue weighted by Gasteiger charge is 2.30. The summed E-state index contributed by atoms with van der Waals surface area (Å²) >= 11 is 13.1. The van der Waals surface area contributed by atoms with Gasteiger partial charge in [0.2, 0.25) is 10.0 Å². The Morgan fingerprint density at radius 3 is 2.52 bits per heavy atom. The smallest absolute Gasteiger partial charge is 0.340 e. The second kappa shape index (κ2) is 8.80. The van der Waals surface area contributed by atoms with Gasteiger partial charge in [-0.3, -0.25) is 14.9 Å². The van der Waals surface area contributed by atoms with Gasteiger partial charge in [0.1, 0.15) is 4.90 Å². The highest BCUT2D eigenvalue weighted by atomic mass is 35.5. The van der Waals surface area contributed by atoms with Gasteiger partial charge in [0, 0.05) is 6.04 Å². The van der Waals surface area contributed by atoms with Gasteiger partial charge in [0.15, 0.2) is 6.61 Å². The van der Waals surface area contributed by atoms with Crippen molar-refractivity contribution < 1.29 is 27.5 Å². The molecule has 0 atom stereocenters. The Kier molecular flexibility index (Phi) is 6.59. The van der Waals surface area contributed by atoms with Crippen molar-refractivity contribution in [1.82, 2.24) is 10.0 Å². The molecule has 1 aromatic carbocycles. The number of nitrogens with one attached hydrogen (secondary N) is 2. The van der Waals surface area contributed by atoms with E-state index in [9.17, 15) is 22.8 Å². The number of carbonyl (C=O) groups excluding carboxylic acids is 3. The zero-order valence-electron chi connectivity index (χ0n) is 14.6. The van der Waals surface area contributed by atoms with Crippen LogP contribution in [-0.2, 0) is 19.6 Å². The molecule has 0 aliphatic heterocycles. The molecule has 12 heteroatoms. The molecule has 2 aromatic rings. The summed E-state index contributed by atoms with van der Waals surface area (Å²) in [5.41, 5.74) is -0.273. The van der Waals surface area contributed by atoms with Crippen LogP contribution >= 0.6 is 34.5 Å². The van der Waals surface area contributed by atoms with Crippen LogP contribution < -0.4 is 10.0 Å². The lowest BCUT2D eigenvalue weighted by molar-refractivity contribution is -0.123. The number of amides is 2. The van der Waals surface area contributed by atoms with Crippen LogP contribution in [0.15, 0.2) is 34.5 Å². The molecular weight excluding hydrogens is 463 g/mol. The van der Waals surface area contributed by atoms with Crippen LogP contribution in [0.25, 0.3) is 0 Å². The molecule has 154 valence electrons. The number of thiophene rings is 1. The monoisotopic (exact) mass is 476 g/mol. The predicted molar refractivity (Wildman–Crippen MR) is 107 cm³/mol. The molecule has 1 saturated carbocycles. The van der Waals surface area contributed by atoms with E-state index in [1.165, 1.54) is 6.07 Å². The number of halogens is 2. The van der Waals surface area contributed by atoms with Crippen LogP contribution in [-0.4, -0.2) is 38.9 Å². The second-order valence-electron chi connectivity index (χ2n) is 6.09. The SMILES string of the molecule is O=C(COC(=O)c1cc(S(=O)(=O)NC2CC2)c(Cl)cc1Cl)NC(=O)c1cccs1. The summed E-state index contributed by atoms with van der Waals surface area (Å²) in [6, 6.07) is 5.13. The van der Waals surface area contributed by atoms with Crippen molar-refractivity contribution in [3.8, 4) is 0 Å². The number of benzene rings is 1. The number of rotatable bonds is 7. The maximum Gasteiger partial charge on any atom is 0.340 e. The minimum Gasteiger partial charge on any atom is -0.452 e. The molecule has 1 aliphatic rings. The molecule has 0 spiro atoms. The van der Waals surface area contributed by atoms with Gasteiger partial charge in [0.05, 0.1) is 20.5 Å². The van der Waals surface area contributed by atoms with E-state index >= 15 is 0 Å². The Labute approximate surface area is 180 Å². The summed E-state index contributed by atoms with van der Waals surface area (Å²) in [5.74, 6) is -2.50. The Bertz CT molecular complexity index is 1070. The van der Waals surface area contributed by atoms with Crippen LogP contribution in [0.3, 0.4) is 0 Å². The van der Waals surface area contributed by atoms with E-state index in [1.54, 1.807) is 11.4 Å². The number of ether oxygens (including phenoxy) is 1. The largest absolute Gasteiger partial charge is 0.452 e. The first-order valence-corrected chi connectivity index (χ1v) is 11.4. The predicted octanol–water partition coefficient (Wildman–Crippen LogP) is 2.61. The molecule has 1 aliphatic carbocycles. The fourth-order valence-electron chi connectivity index (χ4n) is 2.22. The maximum absolute atomic E-state index is 12.4. The summed E-state index contributed by atoms with van der Waals surface area (Å²) < 4.78 is 32.1. The first-order chi connectivity index (χ1) is 13.7. The van der Waals surface area contributed by atoms with Crippen LogP contribution in [0.1, 0.15) is 32.9 Å². The maximum atomic E-state index is 12.4. The van der Waals surface area contributed by atoms with Crippen LogP contribution in [0, 0.1) is 0 Å². The lowest BCUT2D eigenvalue weighted by Crippen LogP contribution is -2.33. The van der Waals surface area contributed by atoms with Gasteiger partial charge in [-0.05, 0) is 36.4 Å². The van der Waals surface area contributed by atoms with Crippen LogP contribution in [0.5, 0.6) is 0 Å². The zero-order chi connectivity index (χ0) is 21.2. The van der Waals surface area contributed by atoms with E-state index in [1.807, 2.05) is 0 Å². The number of sulfonamides is 1. The van der Waals surface area contributed by atoms with Gasteiger partial charge in [-0.15, -0.1) is 11.3 Å². The van der Waals surface area contributed by atoms with E-state index < -0.39 is 34.4 Å². The lowest BCUT2D eigenvalue weighted by Gasteiger charge is -2.11. The molecule has 0 saturated heterocycles. The molecule has 2 amide bonds. The number of carbonyl (C=O) groups is 3. The first-order valence-electron chi connectivity index (χ1n) is 8.23. The summed E-state index contributed by atoms with van der Waals surface area (Å²) in [4.78, 5) is 35.9. The van der Waals surface area contributed by atoms with Crippen molar-refractivity contribution >= 4 is 62.3 Å². The minimum absolute atomic E-state index is 0.138. The van der Waals surface area contributed by atoms with Crippen molar-refractivity contribution in [3.05, 3.63) is 50.1 Å². The van der Waals surface area contributed by atoms with Gasteiger partial charge in [0.25, 0.3) is 11.8 Å². The highest BCUT2D eigenvalue weighted by Crippen LogP contribution is 2.31. The van der Waals surface area contributed by atoms with Gasteiger partial charge in [-0.25, -0.2) is 17.9 Å². The zero-order valence-corrected chi connectivity index (χ0v) is 17.8. The topological polar surface area (TPSA) is 119 Å². The average molecular weight is 477 g/mol. The lowest BCUT2D eigenvalue weighted by atomic mass is 10.2. The van der Waals surface area contributed by atoms with Crippen LogP contribution in [0.4, 0.5) is 0 Å². The molecule has 29 heavy (non-hydrogen) atoms. The number of imide groups is 1. The Balaban J connectivity index is 1.67. The molecular formula is C17H14Cl2N2O6S2.